The summed E-state index contributed by atoms with van der Waals surface area (Å²) >= 11 is 6.78. The van der Waals surface area contributed by atoms with Crippen LogP contribution in [0.3, 0.4) is 0 Å². The number of benzene rings is 2. The van der Waals surface area contributed by atoms with E-state index in [1.165, 1.54) is 12.1 Å². The molecule has 0 spiro atoms. The Bertz CT molecular complexity index is 820. The van der Waals surface area contributed by atoms with Gasteiger partial charge in [0.2, 0.25) is 0 Å². The molecule has 0 aliphatic rings. The first-order valence-corrected chi connectivity index (χ1v) is 9.15. The van der Waals surface area contributed by atoms with E-state index in [0.717, 1.165) is 11.6 Å². The summed E-state index contributed by atoms with van der Waals surface area (Å²) in [6.07, 6.45) is -4.53. The predicted octanol–water partition coefficient (Wildman–Crippen LogP) is 5.56. The molecule has 0 heterocycles. The molecule has 0 aliphatic heterocycles. The summed E-state index contributed by atoms with van der Waals surface area (Å²) in [5.41, 5.74) is 0.397. The van der Waals surface area contributed by atoms with Gasteiger partial charge < -0.3 is 5.32 Å². The van der Waals surface area contributed by atoms with E-state index in [1.807, 2.05) is 26.0 Å². The molecule has 0 aromatic heterocycles. The second-order valence-electron chi connectivity index (χ2n) is 5.87. The summed E-state index contributed by atoms with van der Waals surface area (Å²) in [7, 11) is 0. The van der Waals surface area contributed by atoms with Crippen LogP contribution in [0, 0.1) is 3.57 Å². The Balaban J connectivity index is 2.10. The molecule has 0 fully saturated rings. The first-order chi connectivity index (χ1) is 12.1. The number of rotatable bonds is 3. The van der Waals surface area contributed by atoms with Crippen molar-refractivity contribution in [2.24, 2.45) is 0 Å². The van der Waals surface area contributed by atoms with Gasteiger partial charge in [-0.25, -0.2) is 0 Å². The lowest BCUT2D eigenvalue weighted by Gasteiger charge is -2.16. The lowest BCUT2D eigenvalue weighted by Crippen LogP contribution is -2.34. The van der Waals surface area contributed by atoms with Crippen LogP contribution in [-0.2, 0) is 6.18 Å². The molecule has 2 aromatic rings. The molecule has 2 N–H and O–H groups in total. The molecule has 3 nitrogen and oxygen atoms in total. The Morgan fingerprint density at radius 1 is 1.12 bits per heavy atom. The van der Waals surface area contributed by atoms with Gasteiger partial charge in [0.05, 0.1) is 11.3 Å². The minimum absolute atomic E-state index is 0.199. The Kier molecular flexibility index (Phi) is 6.62. The summed E-state index contributed by atoms with van der Waals surface area (Å²) in [4.78, 5) is 12.2. The number of hydrogen-bond donors (Lipinski definition) is 2. The molecule has 2 rings (SSSR count). The van der Waals surface area contributed by atoms with Crippen LogP contribution < -0.4 is 10.6 Å². The van der Waals surface area contributed by atoms with Crippen LogP contribution in [0.2, 0.25) is 0 Å². The SMILES string of the molecule is CC(C)c1ccc(C(=O)NC(=S)Nc2ccc(I)cc2C(F)(F)F)cc1. The van der Waals surface area contributed by atoms with E-state index in [2.05, 4.69) is 10.6 Å². The Hall–Kier alpha value is -1.68. The number of alkyl halides is 3. The van der Waals surface area contributed by atoms with Crippen molar-refractivity contribution in [1.29, 1.82) is 0 Å². The molecule has 26 heavy (non-hydrogen) atoms. The minimum atomic E-state index is -4.53. The highest BCUT2D eigenvalue weighted by atomic mass is 127. The Morgan fingerprint density at radius 3 is 2.27 bits per heavy atom. The van der Waals surface area contributed by atoms with Crippen LogP contribution in [0.15, 0.2) is 42.5 Å². The van der Waals surface area contributed by atoms with Gasteiger partial charge in [0, 0.05) is 9.13 Å². The van der Waals surface area contributed by atoms with Gasteiger partial charge in [-0.3, -0.25) is 10.1 Å². The molecule has 138 valence electrons. The standard InChI is InChI=1S/C18H16F3IN2OS/c1-10(2)11-3-5-12(6-4-11)16(25)24-17(26)23-15-8-7-13(22)9-14(15)18(19,20)21/h3-10H,1-2H3,(H2,23,24,25,26). The lowest BCUT2D eigenvalue weighted by atomic mass is 10.0. The van der Waals surface area contributed by atoms with Crippen LogP contribution in [0.5, 0.6) is 0 Å². The largest absolute Gasteiger partial charge is 0.418 e. The molecule has 0 bridgehead atoms. The van der Waals surface area contributed by atoms with E-state index in [4.69, 9.17) is 12.2 Å². The zero-order valence-corrected chi connectivity index (χ0v) is 16.9. The first-order valence-electron chi connectivity index (χ1n) is 7.67. The highest BCUT2D eigenvalue weighted by Gasteiger charge is 2.34. The molecule has 1 amide bonds. The maximum absolute atomic E-state index is 13.1. The van der Waals surface area contributed by atoms with Crippen LogP contribution in [0.1, 0.15) is 41.3 Å². The van der Waals surface area contributed by atoms with Crippen molar-refractivity contribution in [3.05, 3.63) is 62.7 Å². The molecule has 0 aliphatic carbocycles. The van der Waals surface area contributed by atoms with E-state index in [-0.39, 0.29) is 10.8 Å². The molecule has 0 saturated heterocycles. The van der Waals surface area contributed by atoms with Gasteiger partial charge in [-0.15, -0.1) is 0 Å². The fourth-order valence-corrected chi connectivity index (χ4v) is 2.90. The summed E-state index contributed by atoms with van der Waals surface area (Å²) in [5, 5.41) is 4.65. The van der Waals surface area contributed by atoms with Crippen LogP contribution in [0.25, 0.3) is 0 Å². The highest BCUT2D eigenvalue weighted by Crippen LogP contribution is 2.35. The molecular formula is C18H16F3IN2OS. The normalized spacial score (nSPS) is 11.3. The zero-order valence-electron chi connectivity index (χ0n) is 13.9. The molecule has 0 atom stereocenters. The van der Waals surface area contributed by atoms with Crippen molar-refractivity contribution < 1.29 is 18.0 Å². The van der Waals surface area contributed by atoms with Crippen molar-refractivity contribution in [3.63, 3.8) is 0 Å². The fourth-order valence-electron chi connectivity index (χ4n) is 2.21. The van der Waals surface area contributed by atoms with Gasteiger partial charge in [-0.1, -0.05) is 26.0 Å². The number of carbonyl (C=O) groups is 1. The van der Waals surface area contributed by atoms with Crippen molar-refractivity contribution in [1.82, 2.24) is 5.32 Å². The molecule has 0 unspecified atom stereocenters. The Labute approximate surface area is 168 Å². The number of anilines is 1. The minimum Gasteiger partial charge on any atom is -0.332 e. The van der Waals surface area contributed by atoms with Gasteiger partial charge in [0.1, 0.15) is 0 Å². The smallest absolute Gasteiger partial charge is 0.332 e. The first kappa shape index (κ1) is 20.6. The maximum atomic E-state index is 13.1. The van der Waals surface area contributed by atoms with Gasteiger partial charge in [0.25, 0.3) is 5.91 Å². The highest BCUT2D eigenvalue weighted by molar-refractivity contribution is 14.1. The summed E-state index contributed by atoms with van der Waals surface area (Å²) in [6.45, 7) is 4.07. The van der Waals surface area contributed by atoms with Crippen molar-refractivity contribution >= 4 is 51.5 Å². The van der Waals surface area contributed by atoms with Crippen LogP contribution in [0.4, 0.5) is 18.9 Å². The van der Waals surface area contributed by atoms with Gasteiger partial charge in [-0.2, -0.15) is 13.2 Å². The summed E-state index contributed by atoms with van der Waals surface area (Å²) in [6, 6.07) is 10.8. The van der Waals surface area contributed by atoms with E-state index in [9.17, 15) is 18.0 Å². The quantitative estimate of drug-likeness (QED) is 0.436. The average molecular weight is 492 g/mol. The lowest BCUT2D eigenvalue weighted by molar-refractivity contribution is -0.137. The molecule has 0 radical (unpaired) electrons. The van der Waals surface area contributed by atoms with Crippen molar-refractivity contribution in [2.45, 2.75) is 25.9 Å². The molecule has 0 saturated carbocycles. The number of amides is 1. The summed E-state index contributed by atoms with van der Waals surface area (Å²) < 4.78 is 39.9. The third-order valence-electron chi connectivity index (χ3n) is 3.60. The van der Waals surface area contributed by atoms with Gasteiger partial charge in [0.15, 0.2) is 5.11 Å². The Morgan fingerprint density at radius 2 is 1.73 bits per heavy atom. The summed E-state index contributed by atoms with van der Waals surface area (Å²) in [5.74, 6) is -0.159. The number of halogens is 4. The van der Waals surface area contributed by atoms with Crippen molar-refractivity contribution in [3.8, 4) is 0 Å². The number of nitrogens with one attached hydrogen (secondary N) is 2. The monoisotopic (exact) mass is 492 g/mol. The third kappa shape index (κ3) is 5.41. The molecule has 8 heteroatoms. The second kappa shape index (κ2) is 8.34. The number of hydrogen-bond acceptors (Lipinski definition) is 2. The topological polar surface area (TPSA) is 41.1 Å². The van der Waals surface area contributed by atoms with Gasteiger partial charge in [-0.05, 0) is 76.6 Å². The second-order valence-corrected chi connectivity index (χ2v) is 7.53. The number of carbonyl (C=O) groups excluding carboxylic acids is 1. The van der Waals surface area contributed by atoms with E-state index in [1.54, 1.807) is 34.7 Å². The third-order valence-corrected chi connectivity index (χ3v) is 4.48. The zero-order chi connectivity index (χ0) is 19.5. The fraction of sp³-hybridized carbons (Fsp3) is 0.222. The van der Waals surface area contributed by atoms with E-state index >= 15 is 0 Å². The van der Waals surface area contributed by atoms with Crippen LogP contribution in [-0.4, -0.2) is 11.0 Å². The van der Waals surface area contributed by atoms with E-state index < -0.39 is 17.6 Å². The maximum Gasteiger partial charge on any atom is 0.418 e. The predicted molar refractivity (Wildman–Crippen MR) is 108 cm³/mol. The van der Waals surface area contributed by atoms with Crippen molar-refractivity contribution in [2.75, 3.05) is 5.32 Å². The molecular weight excluding hydrogens is 476 g/mol. The van der Waals surface area contributed by atoms with Crippen LogP contribution >= 0.6 is 34.8 Å². The molecule has 2 aromatic carbocycles. The van der Waals surface area contributed by atoms with Gasteiger partial charge >= 0.3 is 6.18 Å². The average Bonchev–Trinajstić information content (AvgIpc) is 2.55. The van der Waals surface area contributed by atoms with E-state index in [0.29, 0.717) is 15.1 Å². The number of thiocarbonyl (C=S) groups is 1.